The Kier molecular flexibility index (Phi) is 4.51. The number of carbonyl (C=O) groups excluding carboxylic acids is 1. The smallest absolute Gasteiger partial charge is 0.323 e. The summed E-state index contributed by atoms with van der Waals surface area (Å²) in [5, 5.41) is 8.85. The first-order valence-corrected chi connectivity index (χ1v) is 6.12. The van der Waals surface area contributed by atoms with Crippen LogP contribution >= 0.6 is 0 Å². The molecule has 0 aliphatic heterocycles. The summed E-state index contributed by atoms with van der Waals surface area (Å²) in [6.07, 6.45) is 2.58. The molecule has 5 heteroatoms. The number of nitrogens with zero attached hydrogens (tertiary/aromatic N) is 1. The Hall–Kier alpha value is -1.10. The monoisotopic (exact) mass is 242 g/mol. The molecule has 1 aliphatic rings. The summed E-state index contributed by atoms with van der Waals surface area (Å²) in [7, 11) is 0. The zero-order valence-electron chi connectivity index (χ0n) is 10.6. The van der Waals surface area contributed by atoms with Crippen molar-refractivity contribution in [2.45, 2.75) is 33.1 Å². The van der Waals surface area contributed by atoms with Crippen molar-refractivity contribution >= 4 is 11.9 Å². The van der Waals surface area contributed by atoms with Gasteiger partial charge in [0.1, 0.15) is 6.54 Å². The van der Waals surface area contributed by atoms with Gasteiger partial charge in [-0.1, -0.05) is 20.3 Å². The molecule has 0 spiro atoms. The maximum atomic E-state index is 12.3. The van der Waals surface area contributed by atoms with Crippen molar-refractivity contribution in [1.82, 2.24) is 4.90 Å². The van der Waals surface area contributed by atoms with E-state index in [1.807, 2.05) is 13.8 Å². The molecule has 5 nitrogen and oxygen atoms in total. The lowest BCUT2D eigenvalue weighted by atomic mass is 9.67. The molecule has 0 radical (unpaired) electrons. The van der Waals surface area contributed by atoms with Gasteiger partial charge in [-0.3, -0.25) is 9.59 Å². The Morgan fingerprint density at radius 2 is 2.00 bits per heavy atom. The second kappa shape index (κ2) is 5.49. The highest BCUT2D eigenvalue weighted by molar-refractivity contribution is 5.87. The van der Waals surface area contributed by atoms with Crippen molar-refractivity contribution in [1.29, 1.82) is 0 Å². The number of aliphatic carboxylic acids is 1. The molecule has 0 bridgehead atoms. The Balaban J connectivity index is 2.74. The van der Waals surface area contributed by atoms with E-state index in [9.17, 15) is 9.59 Å². The van der Waals surface area contributed by atoms with E-state index in [1.165, 1.54) is 4.90 Å². The van der Waals surface area contributed by atoms with Crippen molar-refractivity contribution in [3.8, 4) is 0 Å². The third-order valence-corrected chi connectivity index (χ3v) is 3.35. The molecule has 0 aromatic carbocycles. The minimum atomic E-state index is -0.967. The summed E-state index contributed by atoms with van der Waals surface area (Å²) in [5.41, 5.74) is 5.19. The molecule has 1 saturated carbocycles. The van der Waals surface area contributed by atoms with Gasteiger partial charge in [0.25, 0.3) is 0 Å². The van der Waals surface area contributed by atoms with E-state index < -0.39 is 11.4 Å². The molecule has 1 amide bonds. The fraction of sp³-hybridized carbons (Fsp3) is 0.833. The van der Waals surface area contributed by atoms with Gasteiger partial charge in [-0.2, -0.15) is 0 Å². The van der Waals surface area contributed by atoms with E-state index in [1.54, 1.807) is 0 Å². The van der Waals surface area contributed by atoms with Crippen LogP contribution in [0.3, 0.4) is 0 Å². The van der Waals surface area contributed by atoms with E-state index >= 15 is 0 Å². The predicted octanol–water partition coefficient (Wildman–Crippen LogP) is 0.685. The van der Waals surface area contributed by atoms with Gasteiger partial charge in [-0.25, -0.2) is 0 Å². The number of hydrogen-bond donors (Lipinski definition) is 2. The molecule has 0 heterocycles. The predicted molar refractivity (Wildman–Crippen MR) is 64.4 cm³/mol. The van der Waals surface area contributed by atoms with Crippen LogP contribution in [0.5, 0.6) is 0 Å². The number of carboxylic acids is 1. The molecular weight excluding hydrogens is 220 g/mol. The van der Waals surface area contributed by atoms with Crippen molar-refractivity contribution in [2.75, 3.05) is 19.6 Å². The highest BCUT2D eigenvalue weighted by atomic mass is 16.4. The van der Waals surface area contributed by atoms with Crippen LogP contribution in [0.4, 0.5) is 0 Å². The molecule has 1 fully saturated rings. The van der Waals surface area contributed by atoms with Crippen molar-refractivity contribution in [3.63, 3.8) is 0 Å². The standard InChI is InChI=1S/C12H22N2O3/c1-9(2)6-14(7-10(15)16)11(17)12(8-13)4-3-5-12/h9H,3-8,13H2,1-2H3,(H,15,16). The topological polar surface area (TPSA) is 83.6 Å². The van der Waals surface area contributed by atoms with Crippen LogP contribution in [0.25, 0.3) is 0 Å². The first-order chi connectivity index (χ1) is 7.91. The van der Waals surface area contributed by atoms with Gasteiger partial charge < -0.3 is 15.7 Å². The minimum absolute atomic E-state index is 0.0812. The van der Waals surface area contributed by atoms with E-state index in [0.717, 1.165) is 19.3 Å². The molecule has 0 aromatic rings. The third-order valence-electron chi connectivity index (χ3n) is 3.35. The maximum Gasteiger partial charge on any atom is 0.323 e. The molecule has 1 rings (SSSR count). The lowest BCUT2D eigenvalue weighted by molar-refractivity contribution is -0.153. The lowest BCUT2D eigenvalue weighted by Gasteiger charge is -2.42. The number of nitrogens with two attached hydrogens (primary N) is 1. The number of carbonyl (C=O) groups is 2. The summed E-state index contributed by atoms with van der Waals surface area (Å²) in [6, 6.07) is 0. The van der Waals surface area contributed by atoms with Gasteiger partial charge in [0.2, 0.25) is 5.91 Å². The van der Waals surface area contributed by atoms with E-state index in [0.29, 0.717) is 13.1 Å². The molecule has 0 atom stereocenters. The molecule has 3 N–H and O–H groups in total. The first-order valence-electron chi connectivity index (χ1n) is 6.12. The third kappa shape index (κ3) is 3.19. The summed E-state index contributed by atoms with van der Waals surface area (Å²) in [5.74, 6) is -0.791. The Morgan fingerprint density at radius 1 is 1.41 bits per heavy atom. The summed E-state index contributed by atoms with van der Waals surface area (Å²) in [6.45, 7) is 4.52. The van der Waals surface area contributed by atoms with Crippen molar-refractivity contribution in [2.24, 2.45) is 17.1 Å². The Morgan fingerprint density at radius 3 is 2.29 bits per heavy atom. The first kappa shape index (κ1) is 14.0. The summed E-state index contributed by atoms with van der Waals surface area (Å²) >= 11 is 0. The summed E-state index contributed by atoms with van der Waals surface area (Å²) < 4.78 is 0. The number of amides is 1. The molecular formula is C12H22N2O3. The molecule has 17 heavy (non-hydrogen) atoms. The van der Waals surface area contributed by atoms with E-state index in [2.05, 4.69) is 0 Å². The largest absolute Gasteiger partial charge is 0.480 e. The van der Waals surface area contributed by atoms with Gasteiger partial charge in [0.05, 0.1) is 5.41 Å². The molecule has 1 aliphatic carbocycles. The van der Waals surface area contributed by atoms with Crippen LogP contribution in [0.15, 0.2) is 0 Å². The van der Waals surface area contributed by atoms with Crippen LogP contribution in [-0.4, -0.2) is 41.5 Å². The second-order valence-corrected chi connectivity index (χ2v) is 5.31. The van der Waals surface area contributed by atoms with Crippen LogP contribution in [0, 0.1) is 11.3 Å². The van der Waals surface area contributed by atoms with Crippen LogP contribution in [0.2, 0.25) is 0 Å². The van der Waals surface area contributed by atoms with Crippen LogP contribution in [-0.2, 0) is 9.59 Å². The SMILES string of the molecule is CC(C)CN(CC(=O)O)C(=O)C1(CN)CCC1. The van der Waals surface area contributed by atoms with Crippen LogP contribution < -0.4 is 5.73 Å². The Labute approximate surface area is 102 Å². The van der Waals surface area contributed by atoms with Gasteiger partial charge in [0.15, 0.2) is 0 Å². The quantitative estimate of drug-likeness (QED) is 0.717. The highest BCUT2D eigenvalue weighted by Crippen LogP contribution is 2.41. The molecule has 0 unspecified atom stereocenters. The average Bonchev–Trinajstić information content (AvgIpc) is 2.14. The normalized spacial score (nSPS) is 17.6. The van der Waals surface area contributed by atoms with Gasteiger partial charge in [-0.05, 0) is 18.8 Å². The van der Waals surface area contributed by atoms with Crippen LogP contribution in [0.1, 0.15) is 33.1 Å². The second-order valence-electron chi connectivity index (χ2n) is 5.31. The lowest BCUT2D eigenvalue weighted by Crippen LogP contribution is -2.53. The molecule has 0 saturated heterocycles. The number of carboxylic acid groups (broad SMARTS) is 1. The number of rotatable bonds is 6. The zero-order valence-corrected chi connectivity index (χ0v) is 10.6. The number of hydrogen-bond acceptors (Lipinski definition) is 3. The van der Waals surface area contributed by atoms with Gasteiger partial charge >= 0.3 is 5.97 Å². The molecule has 0 aromatic heterocycles. The maximum absolute atomic E-state index is 12.3. The molecule has 98 valence electrons. The van der Waals surface area contributed by atoms with Crippen molar-refractivity contribution in [3.05, 3.63) is 0 Å². The zero-order chi connectivity index (χ0) is 13.1. The minimum Gasteiger partial charge on any atom is -0.480 e. The fourth-order valence-corrected chi connectivity index (χ4v) is 2.27. The van der Waals surface area contributed by atoms with E-state index in [-0.39, 0.29) is 18.4 Å². The Bertz CT molecular complexity index is 293. The highest BCUT2D eigenvalue weighted by Gasteiger charge is 2.45. The average molecular weight is 242 g/mol. The van der Waals surface area contributed by atoms with Gasteiger partial charge in [0, 0.05) is 13.1 Å². The van der Waals surface area contributed by atoms with E-state index in [4.69, 9.17) is 10.8 Å². The van der Waals surface area contributed by atoms with Gasteiger partial charge in [-0.15, -0.1) is 0 Å². The fourth-order valence-electron chi connectivity index (χ4n) is 2.27. The summed E-state index contributed by atoms with van der Waals surface area (Å²) in [4.78, 5) is 24.6. The van der Waals surface area contributed by atoms with Crippen molar-refractivity contribution < 1.29 is 14.7 Å².